The summed E-state index contributed by atoms with van der Waals surface area (Å²) in [5.41, 5.74) is 9.26. The largest absolute Gasteiger partial charge is 0.480 e. The van der Waals surface area contributed by atoms with E-state index in [4.69, 9.17) is 16.7 Å². The van der Waals surface area contributed by atoms with Crippen molar-refractivity contribution in [3.8, 4) is 0 Å². The summed E-state index contributed by atoms with van der Waals surface area (Å²) >= 11 is 0. The Hall–Kier alpha value is -1.59. The number of hydrogen-bond acceptors (Lipinski definition) is 4. The summed E-state index contributed by atoms with van der Waals surface area (Å²) in [4.78, 5) is 10.6. The fraction of sp³-hybridized carbons (Fsp3) is 0.222. The number of nitrogen functional groups attached to an aromatic ring is 1. The molecule has 76 valence electrons. The van der Waals surface area contributed by atoms with E-state index in [1.165, 1.54) is 0 Å². The molecule has 0 aliphatic carbocycles. The lowest BCUT2D eigenvalue weighted by molar-refractivity contribution is -0.139. The molecular formula is C9H13N3O2. The Bertz CT molecular complexity index is 310. The van der Waals surface area contributed by atoms with Crippen LogP contribution in [0.5, 0.6) is 0 Å². The van der Waals surface area contributed by atoms with Crippen LogP contribution in [-0.2, 0) is 11.2 Å². The average Bonchev–Trinajstić information content (AvgIpc) is 2.16. The minimum absolute atomic E-state index is 0.339. The highest BCUT2D eigenvalue weighted by Crippen LogP contribution is 2.07. The Morgan fingerprint density at radius 1 is 1.43 bits per heavy atom. The molecule has 5 heteroatoms. The fourth-order valence-corrected chi connectivity index (χ4v) is 1.11. The van der Waals surface area contributed by atoms with Gasteiger partial charge in [0.15, 0.2) is 0 Å². The number of carboxylic acid groups (broad SMARTS) is 1. The van der Waals surface area contributed by atoms with Gasteiger partial charge in [-0.05, 0) is 24.1 Å². The predicted octanol–water partition coefficient (Wildman–Crippen LogP) is -0.272. The smallest absolute Gasteiger partial charge is 0.322 e. The van der Waals surface area contributed by atoms with E-state index in [1.807, 2.05) is 0 Å². The summed E-state index contributed by atoms with van der Waals surface area (Å²) in [6.07, 6.45) is 0.339. The lowest BCUT2D eigenvalue weighted by atomic mass is 10.1. The van der Waals surface area contributed by atoms with Crippen LogP contribution >= 0.6 is 0 Å². The van der Waals surface area contributed by atoms with Crippen molar-refractivity contribution in [1.82, 2.24) is 5.43 Å². The van der Waals surface area contributed by atoms with Gasteiger partial charge in [0.2, 0.25) is 0 Å². The van der Waals surface area contributed by atoms with Crippen molar-refractivity contribution in [2.75, 3.05) is 5.73 Å². The van der Waals surface area contributed by atoms with Gasteiger partial charge in [-0.1, -0.05) is 12.1 Å². The lowest BCUT2D eigenvalue weighted by Crippen LogP contribution is -2.42. The Kier molecular flexibility index (Phi) is 3.44. The van der Waals surface area contributed by atoms with Gasteiger partial charge in [-0.15, -0.1) is 0 Å². The molecule has 5 nitrogen and oxygen atoms in total. The first-order valence-corrected chi connectivity index (χ1v) is 4.17. The van der Waals surface area contributed by atoms with Crippen LogP contribution in [0.25, 0.3) is 0 Å². The van der Waals surface area contributed by atoms with E-state index in [0.29, 0.717) is 12.1 Å². The van der Waals surface area contributed by atoms with Gasteiger partial charge in [-0.25, -0.2) is 5.43 Å². The number of carboxylic acids is 1. The number of aliphatic carboxylic acids is 1. The Morgan fingerprint density at radius 2 is 2.00 bits per heavy atom. The van der Waals surface area contributed by atoms with Crippen molar-refractivity contribution in [2.24, 2.45) is 5.84 Å². The molecule has 0 saturated heterocycles. The van der Waals surface area contributed by atoms with Crippen LogP contribution in [0, 0.1) is 0 Å². The second kappa shape index (κ2) is 4.59. The summed E-state index contributed by atoms with van der Waals surface area (Å²) in [5, 5.41) is 8.72. The minimum atomic E-state index is -0.968. The standard InChI is InChI=1S/C9H13N3O2/c10-7-3-1-6(2-4-7)5-8(12-11)9(13)14/h1-4,8,12H,5,10-11H2,(H,13,14)/t8-/m0/s1. The number of hydrogen-bond donors (Lipinski definition) is 4. The Labute approximate surface area is 81.7 Å². The van der Waals surface area contributed by atoms with Crippen molar-refractivity contribution < 1.29 is 9.90 Å². The molecule has 14 heavy (non-hydrogen) atoms. The van der Waals surface area contributed by atoms with Gasteiger partial charge >= 0.3 is 5.97 Å². The Balaban J connectivity index is 2.67. The zero-order valence-electron chi connectivity index (χ0n) is 7.60. The highest BCUT2D eigenvalue weighted by atomic mass is 16.4. The molecule has 1 aromatic carbocycles. The first-order chi connectivity index (χ1) is 6.63. The lowest BCUT2D eigenvalue weighted by Gasteiger charge is -2.10. The third kappa shape index (κ3) is 2.72. The molecular weight excluding hydrogens is 182 g/mol. The normalized spacial score (nSPS) is 12.4. The van der Waals surface area contributed by atoms with Crippen LogP contribution < -0.4 is 17.0 Å². The van der Waals surface area contributed by atoms with E-state index >= 15 is 0 Å². The van der Waals surface area contributed by atoms with Crippen LogP contribution in [0.2, 0.25) is 0 Å². The number of carbonyl (C=O) groups is 1. The maximum atomic E-state index is 10.6. The van der Waals surface area contributed by atoms with Crippen LogP contribution in [0.1, 0.15) is 5.56 Å². The molecule has 1 aromatic rings. The van der Waals surface area contributed by atoms with Gasteiger partial charge in [-0.2, -0.15) is 0 Å². The quantitative estimate of drug-likeness (QED) is 0.301. The second-order valence-electron chi connectivity index (χ2n) is 3.00. The van der Waals surface area contributed by atoms with Crippen LogP contribution in [0.3, 0.4) is 0 Å². The first-order valence-electron chi connectivity index (χ1n) is 4.17. The molecule has 1 atom stereocenters. The number of nitrogens with one attached hydrogen (secondary N) is 1. The number of anilines is 1. The molecule has 0 unspecified atom stereocenters. The highest BCUT2D eigenvalue weighted by molar-refractivity contribution is 5.73. The number of hydrazine groups is 1. The maximum Gasteiger partial charge on any atom is 0.322 e. The number of rotatable bonds is 4. The van der Waals surface area contributed by atoms with E-state index in [-0.39, 0.29) is 0 Å². The van der Waals surface area contributed by atoms with Crippen molar-refractivity contribution >= 4 is 11.7 Å². The molecule has 0 fully saturated rings. The van der Waals surface area contributed by atoms with Crippen molar-refractivity contribution in [3.63, 3.8) is 0 Å². The van der Waals surface area contributed by atoms with Gasteiger partial charge < -0.3 is 10.8 Å². The first kappa shape index (κ1) is 10.5. The molecule has 0 heterocycles. The zero-order valence-corrected chi connectivity index (χ0v) is 7.60. The molecule has 0 radical (unpaired) electrons. The minimum Gasteiger partial charge on any atom is -0.480 e. The molecule has 6 N–H and O–H groups in total. The molecule has 1 rings (SSSR count). The molecule has 0 bridgehead atoms. The monoisotopic (exact) mass is 195 g/mol. The fourth-order valence-electron chi connectivity index (χ4n) is 1.11. The van der Waals surface area contributed by atoms with E-state index in [2.05, 4.69) is 5.43 Å². The van der Waals surface area contributed by atoms with E-state index < -0.39 is 12.0 Å². The van der Waals surface area contributed by atoms with Crippen LogP contribution in [0.15, 0.2) is 24.3 Å². The molecule has 0 amide bonds. The van der Waals surface area contributed by atoms with E-state index in [0.717, 1.165) is 5.56 Å². The van der Waals surface area contributed by atoms with Crippen molar-refractivity contribution in [1.29, 1.82) is 0 Å². The van der Waals surface area contributed by atoms with Gasteiger partial charge in [0.1, 0.15) is 6.04 Å². The van der Waals surface area contributed by atoms with Gasteiger partial charge in [-0.3, -0.25) is 10.6 Å². The van der Waals surface area contributed by atoms with E-state index in [1.54, 1.807) is 24.3 Å². The zero-order chi connectivity index (χ0) is 10.6. The van der Waals surface area contributed by atoms with E-state index in [9.17, 15) is 4.79 Å². The SMILES string of the molecule is NN[C@@H](Cc1ccc(N)cc1)C(=O)O. The summed E-state index contributed by atoms with van der Waals surface area (Å²) in [5.74, 6) is 4.13. The summed E-state index contributed by atoms with van der Waals surface area (Å²) < 4.78 is 0. The summed E-state index contributed by atoms with van der Waals surface area (Å²) in [6.45, 7) is 0. The third-order valence-electron chi connectivity index (χ3n) is 1.92. The number of benzene rings is 1. The topological polar surface area (TPSA) is 101 Å². The molecule has 0 aliphatic rings. The Morgan fingerprint density at radius 3 is 2.43 bits per heavy atom. The van der Waals surface area contributed by atoms with Crippen molar-refractivity contribution in [3.05, 3.63) is 29.8 Å². The maximum absolute atomic E-state index is 10.6. The van der Waals surface area contributed by atoms with Gasteiger partial charge in [0, 0.05) is 5.69 Å². The van der Waals surface area contributed by atoms with Crippen LogP contribution in [0.4, 0.5) is 5.69 Å². The summed E-state index contributed by atoms with van der Waals surface area (Å²) in [6, 6.07) is 6.25. The molecule has 0 aliphatic heterocycles. The molecule has 0 saturated carbocycles. The molecule has 0 spiro atoms. The summed E-state index contributed by atoms with van der Waals surface area (Å²) in [7, 11) is 0. The average molecular weight is 195 g/mol. The second-order valence-corrected chi connectivity index (χ2v) is 3.00. The molecule has 0 aromatic heterocycles. The van der Waals surface area contributed by atoms with Gasteiger partial charge in [0.05, 0.1) is 0 Å². The van der Waals surface area contributed by atoms with Gasteiger partial charge in [0.25, 0.3) is 0 Å². The third-order valence-corrected chi connectivity index (χ3v) is 1.92. The predicted molar refractivity (Wildman–Crippen MR) is 53.3 cm³/mol. The highest BCUT2D eigenvalue weighted by Gasteiger charge is 2.15. The number of nitrogens with two attached hydrogens (primary N) is 2. The van der Waals surface area contributed by atoms with Crippen molar-refractivity contribution in [2.45, 2.75) is 12.5 Å². The van der Waals surface area contributed by atoms with Crippen LogP contribution in [-0.4, -0.2) is 17.1 Å².